The van der Waals surface area contributed by atoms with Crippen LogP contribution in [0.2, 0.25) is 5.02 Å². The van der Waals surface area contributed by atoms with Crippen LogP contribution in [0, 0.1) is 20.8 Å². The molecule has 0 spiro atoms. The highest BCUT2D eigenvalue weighted by atomic mass is 79.9. The van der Waals surface area contributed by atoms with E-state index in [1.54, 1.807) is 43.3 Å². The van der Waals surface area contributed by atoms with E-state index in [0.29, 0.717) is 30.8 Å². The van der Waals surface area contributed by atoms with E-state index >= 15 is 0 Å². The van der Waals surface area contributed by atoms with Crippen LogP contribution in [0.15, 0.2) is 63.0 Å². The van der Waals surface area contributed by atoms with Crippen LogP contribution in [0.4, 0.5) is 16.2 Å². The Labute approximate surface area is 246 Å². The summed E-state index contributed by atoms with van der Waals surface area (Å²) in [7, 11) is 0. The van der Waals surface area contributed by atoms with Gasteiger partial charge in [-0.2, -0.15) is 0 Å². The summed E-state index contributed by atoms with van der Waals surface area (Å²) in [5.74, 6) is -1.87. The molecule has 8 nitrogen and oxygen atoms in total. The highest BCUT2D eigenvalue weighted by molar-refractivity contribution is 9.11. The molecule has 0 radical (unpaired) electrons. The molecule has 1 saturated heterocycles. The summed E-state index contributed by atoms with van der Waals surface area (Å²) < 4.78 is 6.92. The van der Waals surface area contributed by atoms with Crippen LogP contribution in [-0.2, 0) is 14.4 Å². The predicted octanol–water partition coefficient (Wildman–Crippen LogP) is 6.47. The van der Waals surface area contributed by atoms with Crippen molar-refractivity contribution in [3.63, 3.8) is 0 Å². The van der Waals surface area contributed by atoms with E-state index in [2.05, 4.69) is 42.5 Å². The fourth-order valence-electron chi connectivity index (χ4n) is 3.86. The molecule has 11 heteroatoms. The number of benzene rings is 3. The number of nitrogens with one attached hydrogen (secondary N) is 2. The topological polar surface area (TPSA) is 105 Å². The highest BCUT2D eigenvalue weighted by Gasteiger charge is 2.38. The van der Waals surface area contributed by atoms with Gasteiger partial charge < -0.3 is 10.1 Å². The molecular weight excluding hydrogens is 654 g/mol. The Morgan fingerprint density at radius 2 is 1.79 bits per heavy atom. The van der Waals surface area contributed by atoms with Crippen molar-refractivity contribution in [1.29, 1.82) is 0 Å². The zero-order valence-electron chi connectivity index (χ0n) is 21.0. The summed E-state index contributed by atoms with van der Waals surface area (Å²) in [6.07, 6.45) is 1.31. The van der Waals surface area contributed by atoms with Crippen LogP contribution in [-0.4, -0.2) is 30.4 Å². The Hall–Kier alpha value is -3.47. The molecule has 0 unspecified atom stereocenters. The third kappa shape index (κ3) is 6.24. The van der Waals surface area contributed by atoms with E-state index in [0.717, 1.165) is 16.0 Å². The monoisotopic (exact) mass is 673 g/mol. The van der Waals surface area contributed by atoms with Crippen molar-refractivity contribution in [2.75, 3.05) is 16.8 Å². The average molecular weight is 676 g/mol. The number of anilines is 2. The SMILES string of the molecule is Cc1ccc(NC(=O)COc2c(Br)cc(Br)cc2/C=C2/C(=O)NC(=O)N(c3cccc(Cl)c3C)C2=O)cc1C. The Morgan fingerprint density at radius 1 is 1.05 bits per heavy atom. The molecule has 1 aliphatic rings. The molecule has 4 rings (SSSR count). The molecule has 0 aliphatic carbocycles. The average Bonchev–Trinajstić information content (AvgIpc) is 2.85. The normalized spacial score (nSPS) is 14.5. The van der Waals surface area contributed by atoms with Gasteiger partial charge in [-0.1, -0.05) is 39.7 Å². The first kappa shape index (κ1) is 28.5. The molecule has 0 saturated carbocycles. The number of amides is 5. The molecule has 0 atom stereocenters. The largest absolute Gasteiger partial charge is 0.482 e. The van der Waals surface area contributed by atoms with Crippen LogP contribution < -0.4 is 20.3 Å². The predicted molar refractivity (Wildman–Crippen MR) is 157 cm³/mol. The molecule has 0 aromatic heterocycles. The zero-order chi connectivity index (χ0) is 28.4. The van der Waals surface area contributed by atoms with Gasteiger partial charge in [0.1, 0.15) is 11.3 Å². The lowest BCUT2D eigenvalue weighted by molar-refractivity contribution is -0.122. The van der Waals surface area contributed by atoms with Crippen molar-refractivity contribution in [2.45, 2.75) is 20.8 Å². The van der Waals surface area contributed by atoms with Crippen molar-refractivity contribution in [3.05, 3.63) is 90.3 Å². The number of barbiturate groups is 1. The van der Waals surface area contributed by atoms with Crippen molar-refractivity contribution in [1.82, 2.24) is 5.32 Å². The third-order valence-corrected chi connectivity index (χ3v) is 7.51. The number of ether oxygens (including phenoxy) is 1. The summed E-state index contributed by atoms with van der Waals surface area (Å²) >= 11 is 13.0. The van der Waals surface area contributed by atoms with E-state index in [-0.39, 0.29) is 23.6 Å². The Bertz CT molecular complexity index is 1570. The van der Waals surface area contributed by atoms with Crippen LogP contribution >= 0.6 is 43.5 Å². The molecule has 1 fully saturated rings. The van der Waals surface area contributed by atoms with Crippen molar-refractivity contribution >= 4 is 84.7 Å². The maximum absolute atomic E-state index is 13.4. The second kappa shape index (κ2) is 11.7. The summed E-state index contributed by atoms with van der Waals surface area (Å²) in [4.78, 5) is 52.3. The maximum atomic E-state index is 13.4. The molecule has 2 N–H and O–H groups in total. The minimum Gasteiger partial charge on any atom is -0.482 e. The summed E-state index contributed by atoms with van der Waals surface area (Å²) in [6.45, 7) is 5.26. The summed E-state index contributed by atoms with van der Waals surface area (Å²) in [6, 6.07) is 12.8. The van der Waals surface area contributed by atoms with Gasteiger partial charge in [0, 0.05) is 20.7 Å². The number of rotatable bonds is 6. The smallest absolute Gasteiger partial charge is 0.335 e. The van der Waals surface area contributed by atoms with Crippen LogP contribution in [0.3, 0.4) is 0 Å². The Kier molecular flexibility index (Phi) is 8.58. The van der Waals surface area contributed by atoms with Crippen LogP contribution in [0.25, 0.3) is 6.08 Å². The van der Waals surface area contributed by atoms with Crippen LogP contribution in [0.1, 0.15) is 22.3 Å². The first-order valence-corrected chi connectivity index (χ1v) is 13.6. The molecule has 1 heterocycles. The van der Waals surface area contributed by atoms with Gasteiger partial charge in [0.2, 0.25) is 0 Å². The van der Waals surface area contributed by atoms with Gasteiger partial charge in [-0.15, -0.1) is 0 Å². The molecule has 3 aromatic rings. The van der Waals surface area contributed by atoms with Gasteiger partial charge in [-0.25, -0.2) is 9.69 Å². The van der Waals surface area contributed by atoms with Gasteiger partial charge >= 0.3 is 6.03 Å². The first-order valence-electron chi connectivity index (χ1n) is 11.6. The molecule has 1 aliphatic heterocycles. The highest BCUT2D eigenvalue weighted by Crippen LogP contribution is 2.36. The number of nitrogens with zero attached hydrogens (tertiary/aromatic N) is 1. The molecule has 3 aromatic carbocycles. The standard InChI is InChI=1S/C28H22Br2ClN3O5/c1-14-7-8-19(9-15(14)2)32-24(35)13-39-25-17(10-18(29)12-21(25)30)11-20-26(36)33-28(38)34(27(20)37)23-6-4-5-22(31)16(23)3/h4-12H,13H2,1-3H3,(H,32,35)(H,33,36,38)/b20-11-. The lowest BCUT2D eigenvalue weighted by atomic mass is 10.0. The number of carbonyl (C=O) groups excluding carboxylic acids is 4. The van der Waals surface area contributed by atoms with Gasteiger partial charge in [-0.3, -0.25) is 19.7 Å². The number of carbonyl (C=O) groups is 4. The zero-order valence-corrected chi connectivity index (χ0v) is 25.0. The number of halogens is 3. The van der Waals surface area contributed by atoms with E-state index in [4.69, 9.17) is 16.3 Å². The quantitative estimate of drug-likeness (QED) is 0.230. The first-order chi connectivity index (χ1) is 18.5. The van der Waals surface area contributed by atoms with Gasteiger partial charge in [-0.05, 0) is 95.9 Å². The molecule has 200 valence electrons. The second-order valence-corrected chi connectivity index (χ2v) is 11.0. The van der Waals surface area contributed by atoms with E-state index in [1.165, 1.54) is 6.08 Å². The summed E-state index contributed by atoms with van der Waals surface area (Å²) in [5.41, 5.74) is 3.55. The minimum atomic E-state index is -0.887. The van der Waals surface area contributed by atoms with Crippen molar-refractivity contribution in [3.8, 4) is 5.75 Å². The molecule has 0 bridgehead atoms. The second-order valence-electron chi connectivity index (χ2n) is 8.78. The number of aryl methyl sites for hydroxylation is 2. The summed E-state index contributed by atoms with van der Waals surface area (Å²) in [5, 5.41) is 5.35. The van der Waals surface area contributed by atoms with Crippen molar-refractivity contribution in [2.24, 2.45) is 0 Å². The van der Waals surface area contributed by atoms with Gasteiger partial charge in [0.25, 0.3) is 17.7 Å². The fraction of sp³-hybridized carbons (Fsp3) is 0.143. The lowest BCUT2D eigenvalue weighted by Gasteiger charge is -2.28. The van der Waals surface area contributed by atoms with E-state index in [1.807, 2.05) is 26.0 Å². The van der Waals surface area contributed by atoms with E-state index in [9.17, 15) is 19.2 Å². The van der Waals surface area contributed by atoms with Crippen LogP contribution in [0.5, 0.6) is 5.75 Å². The number of hydrogen-bond acceptors (Lipinski definition) is 5. The van der Waals surface area contributed by atoms with Gasteiger partial charge in [0.15, 0.2) is 6.61 Å². The lowest BCUT2D eigenvalue weighted by Crippen LogP contribution is -2.54. The fourth-order valence-corrected chi connectivity index (χ4v) is 5.41. The van der Waals surface area contributed by atoms with Gasteiger partial charge in [0.05, 0.1) is 10.2 Å². The number of hydrogen-bond donors (Lipinski definition) is 2. The number of urea groups is 1. The third-order valence-electron chi connectivity index (χ3n) is 6.06. The van der Waals surface area contributed by atoms with Crippen molar-refractivity contribution < 1.29 is 23.9 Å². The Balaban J connectivity index is 1.64. The maximum Gasteiger partial charge on any atom is 0.335 e. The molecule has 5 amide bonds. The van der Waals surface area contributed by atoms with E-state index < -0.39 is 23.8 Å². The Morgan fingerprint density at radius 3 is 2.51 bits per heavy atom. The number of imide groups is 2. The molecule has 39 heavy (non-hydrogen) atoms. The minimum absolute atomic E-state index is 0.226. The molecular formula is C28H22Br2ClN3O5.